The zero-order chi connectivity index (χ0) is 19.2. The lowest BCUT2D eigenvalue weighted by molar-refractivity contribution is 0.170. The van der Waals surface area contributed by atoms with E-state index in [9.17, 15) is 0 Å². The van der Waals surface area contributed by atoms with Gasteiger partial charge in [0.1, 0.15) is 0 Å². The van der Waals surface area contributed by atoms with Gasteiger partial charge in [0, 0.05) is 51.7 Å². The molecule has 6 nitrogen and oxygen atoms in total. The molecule has 0 spiro atoms. The number of hydrogen-bond acceptors (Lipinski definition) is 5. The molecule has 0 saturated carbocycles. The van der Waals surface area contributed by atoms with Gasteiger partial charge in [-0.25, -0.2) is 9.97 Å². The third-order valence-corrected chi connectivity index (χ3v) is 5.16. The summed E-state index contributed by atoms with van der Waals surface area (Å²) in [6, 6.07) is 8.16. The first-order valence-electron chi connectivity index (χ1n) is 9.47. The van der Waals surface area contributed by atoms with Gasteiger partial charge in [-0.15, -0.1) is 0 Å². The topological polar surface area (TPSA) is 91.7 Å². The number of fused-ring (bicyclic) bond motifs is 1. The Morgan fingerprint density at radius 2 is 1.85 bits per heavy atom. The number of hydrogen-bond donors (Lipinski definition) is 4. The van der Waals surface area contributed by atoms with Gasteiger partial charge < -0.3 is 21.4 Å². The molecule has 1 aliphatic heterocycles. The van der Waals surface area contributed by atoms with Crippen LogP contribution in [0.15, 0.2) is 36.7 Å². The second-order valence-corrected chi connectivity index (χ2v) is 8.92. The summed E-state index contributed by atoms with van der Waals surface area (Å²) in [7, 11) is 0. The van der Waals surface area contributed by atoms with E-state index in [2.05, 4.69) is 48.3 Å². The highest BCUT2D eigenvalue weighted by molar-refractivity contribution is 5.96. The molecule has 1 saturated heterocycles. The van der Waals surface area contributed by atoms with Crippen molar-refractivity contribution in [1.29, 1.82) is 0 Å². The number of nitrogens with one attached hydrogen (secondary N) is 3. The van der Waals surface area contributed by atoms with Gasteiger partial charge in [0.05, 0.1) is 5.69 Å². The zero-order valence-electron chi connectivity index (χ0n) is 16.4. The first kappa shape index (κ1) is 17.8. The molecule has 1 aliphatic rings. The van der Waals surface area contributed by atoms with Crippen LogP contribution in [-0.2, 0) is 0 Å². The van der Waals surface area contributed by atoms with Crippen molar-refractivity contribution >= 4 is 22.5 Å². The van der Waals surface area contributed by atoms with Crippen molar-refractivity contribution in [1.82, 2.24) is 20.3 Å². The Bertz CT molecular complexity index is 956. The number of nitrogens with zero attached hydrogens (tertiary/aromatic N) is 2. The SMILES string of the molecule is CC1(C)CC(Nc2nccc(-c3c[nH]c4cc(N)ccc34)n2)CC(C)(C)N1. The molecular formula is C21H28N6. The van der Waals surface area contributed by atoms with Gasteiger partial charge in [-0.3, -0.25) is 0 Å². The molecule has 0 atom stereocenters. The van der Waals surface area contributed by atoms with Crippen LogP contribution in [0, 0.1) is 0 Å². The van der Waals surface area contributed by atoms with Crippen molar-refractivity contribution < 1.29 is 0 Å². The quantitative estimate of drug-likeness (QED) is 0.529. The normalized spacial score (nSPS) is 19.3. The maximum absolute atomic E-state index is 5.88. The molecule has 142 valence electrons. The van der Waals surface area contributed by atoms with E-state index >= 15 is 0 Å². The number of rotatable bonds is 3. The minimum absolute atomic E-state index is 0.0772. The summed E-state index contributed by atoms with van der Waals surface area (Å²) < 4.78 is 0. The lowest BCUT2D eigenvalue weighted by Crippen LogP contribution is -2.60. The van der Waals surface area contributed by atoms with Crippen molar-refractivity contribution in [3.05, 3.63) is 36.7 Å². The highest BCUT2D eigenvalue weighted by atomic mass is 15.1. The summed E-state index contributed by atoms with van der Waals surface area (Å²) in [5, 5.41) is 8.38. The largest absolute Gasteiger partial charge is 0.399 e. The lowest BCUT2D eigenvalue weighted by Gasteiger charge is -2.46. The monoisotopic (exact) mass is 364 g/mol. The molecule has 3 heterocycles. The average Bonchev–Trinajstić information content (AvgIpc) is 2.95. The molecule has 1 fully saturated rings. The summed E-state index contributed by atoms with van der Waals surface area (Å²) in [5.41, 5.74) is 9.75. The molecule has 0 unspecified atom stereocenters. The van der Waals surface area contributed by atoms with Gasteiger partial charge >= 0.3 is 0 Å². The Kier molecular flexibility index (Phi) is 4.11. The zero-order valence-corrected chi connectivity index (χ0v) is 16.4. The molecule has 0 radical (unpaired) electrons. The van der Waals surface area contributed by atoms with E-state index < -0.39 is 0 Å². The summed E-state index contributed by atoms with van der Waals surface area (Å²) in [6.45, 7) is 8.99. The number of aromatic nitrogens is 3. The van der Waals surface area contributed by atoms with E-state index in [0.29, 0.717) is 12.0 Å². The fourth-order valence-electron chi connectivity index (χ4n) is 4.54. The average molecular weight is 364 g/mol. The summed E-state index contributed by atoms with van der Waals surface area (Å²) in [4.78, 5) is 12.5. The number of nitrogens with two attached hydrogens (primary N) is 1. The van der Waals surface area contributed by atoms with E-state index in [-0.39, 0.29) is 11.1 Å². The summed E-state index contributed by atoms with van der Waals surface area (Å²) in [5.74, 6) is 0.677. The molecule has 4 rings (SSSR count). The Morgan fingerprint density at radius 1 is 1.11 bits per heavy atom. The van der Waals surface area contributed by atoms with E-state index in [1.165, 1.54) is 0 Å². The van der Waals surface area contributed by atoms with Crippen LogP contribution in [0.1, 0.15) is 40.5 Å². The highest BCUT2D eigenvalue weighted by Crippen LogP contribution is 2.31. The van der Waals surface area contributed by atoms with Crippen molar-refractivity contribution in [2.75, 3.05) is 11.1 Å². The van der Waals surface area contributed by atoms with Gasteiger partial charge in [-0.1, -0.05) is 6.07 Å². The van der Waals surface area contributed by atoms with Crippen molar-refractivity contribution in [2.45, 2.75) is 57.7 Å². The molecule has 3 aromatic rings. The molecule has 27 heavy (non-hydrogen) atoms. The van der Waals surface area contributed by atoms with Crippen LogP contribution >= 0.6 is 0 Å². The number of aromatic amines is 1. The van der Waals surface area contributed by atoms with Crippen LogP contribution in [0.2, 0.25) is 0 Å². The number of anilines is 2. The fraction of sp³-hybridized carbons (Fsp3) is 0.429. The number of nitrogen functional groups attached to an aromatic ring is 1. The summed E-state index contributed by atoms with van der Waals surface area (Å²) in [6.07, 6.45) is 5.85. The second-order valence-electron chi connectivity index (χ2n) is 8.92. The smallest absolute Gasteiger partial charge is 0.223 e. The predicted molar refractivity (Wildman–Crippen MR) is 112 cm³/mol. The van der Waals surface area contributed by atoms with Gasteiger partial charge in [0.25, 0.3) is 0 Å². The standard InChI is InChI=1S/C21H28N6/c1-20(2)10-14(11-21(3,4)27-20)25-19-23-8-7-17(26-19)16-12-24-18-9-13(22)5-6-15(16)18/h5-9,12,14,24,27H,10-11,22H2,1-4H3,(H,23,25,26). The third-order valence-electron chi connectivity index (χ3n) is 5.16. The molecule has 0 bridgehead atoms. The maximum atomic E-state index is 5.88. The highest BCUT2D eigenvalue weighted by Gasteiger charge is 2.37. The second kappa shape index (κ2) is 6.23. The number of H-pyrrole nitrogens is 1. The van der Waals surface area contributed by atoms with E-state index in [1.807, 2.05) is 36.7 Å². The molecule has 0 aliphatic carbocycles. The van der Waals surface area contributed by atoms with Crippen LogP contribution < -0.4 is 16.4 Å². The van der Waals surface area contributed by atoms with Crippen molar-refractivity contribution in [2.24, 2.45) is 0 Å². The molecule has 1 aromatic carbocycles. The Balaban J connectivity index is 1.61. The van der Waals surface area contributed by atoms with E-state index in [1.54, 1.807) is 0 Å². The van der Waals surface area contributed by atoms with E-state index in [0.717, 1.165) is 40.7 Å². The lowest BCUT2D eigenvalue weighted by atomic mass is 9.80. The minimum Gasteiger partial charge on any atom is -0.399 e. The molecule has 2 aromatic heterocycles. The Morgan fingerprint density at radius 3 is 2.59 bits per heavy atom. The molecule has 0 amide bonds. The summed E-state index contributed by atoms with van der Waals surface area (Å²) >= 11 is 0. The first-order valence-corrected chi connectivity index (χ1v) is 9.47. The Hall–Kier alpha value is -2.60. The van der Waals surface area contributed by atoms with Crippen LogP contribution in [0.3, 0.4) is 0 Å². The van der Waals surface area contributed by atoms with Gasteiger partial charge in [-0.2, -0.15) is 0 Å². The maximum Gasteiger partial charge on any atom is 0.223 e. The first-order chi connectivity index (χ1) is 12.7. The minimum atomic E-state index is 0.0772. The molecule has 5 N–H and O–H groups in total. The van der Waals surface area contributed by atoms with Gasteiger partial charge in [0.15, 0.2) is 0 Å². The number of benzene rings is 1. The van der Waals surface area contributed by atoms with Crippen LogP contribution in [-0.4, -0.2) is 32.1 Å². The van der Waals surface area contributed by atoms with Crippen molar-refractivity contribution in [3.8, 4) is 11.3 Å². The van der Waals surface area contributed by atoms with Gasteiger partial charge in [0.2, 0.25) is 5.95 Å². The fourth-order valence-corrected chi connectivity index (χ4v) is 4.54. The Labute approximate surface area is 160 Å². The van der Waals surface area contributed by atoms with Crippen LogP contribution in [0.5, 0.6) is 0 Å². The van der Waals surface area contributed by atoms with Crippen LogP contribution in [0.25, 0.3) is 22.2 Å². The van der Waals surface area contributed by atoms with Crippen LogP contribution in [0.4, 0.5) is 11.6 Å². The van der Waals surface area contributed by atoms with Crippen molar-refractivity contribution in [3.63, 3.8) is 0 Å². The molecule has 6 heteroatoms. The molecular weight excluding hydrogens is 336 g/mol. The number of piperidine rings is 1. The van der Waals surface area contributed by atoms with Gasteiger partial charge in [-0.05, 0) is 58.7 Å². The predicted octanol–water partition coefficient (Wildman–Crippen LogP) is 3.93. The van der Waals surface area contributed by atoms with E-state index in [4.69, 9.17) is 10.7 Å². The third kappa shape index (κ3) is 3.76.